The van der Waals surface area contributed by atoms with E-state index in [2.05, 4.69) is 20.3 Å². The Morgan fingerprint density at radius 2 is 2.00 bits per heavy atom. The van der Waals surface area contributed by atoms with Gasteiger partial charge in [-0.1, -0.05) is 40.8 Å². The fraction of sp³-hybridized carbons (Fsp3) is 0.188. The zero-order chi connectivity index (χ0) is 17.4. The molecule has 25 heavy (non-hydrogen) atoms. The van der Waals surface area contributed by atoms with Crippen LogP contribution in [0.1, 0.15) is 10.6 Å². The smallest absolute Gasteiger partial charge is 0.264 e. The van der Waals surface area contributed by atoms with Crippen molar-refractivity contribution in [1.82, 2.24) is 29.5 Å². The molecule has 7 nitrogen and oxygen atoms in total. The van der Waals surface area contributed by atoms with E-state index in [1.807, 2.05) is 37.4 Å². The van der Waals surface area contributed by atoms with Crippen LogP contribution < -0.4 is 5.56 Å². The molecule has 3 heterocycles. The van der Waals surface area contributed by atoms with Gasteiger partial charge in [0.25, 0.3) is 5.56 Å². The number of aryl methyl sites for hydroxylation is 1. The Kier molecular flexibility index (Phi) is 4.10. The lowest BCUT2D eigenvalue weighted by Crippen LogP contribution is -2.21. The molecule has 0 aliphatic rings. The topological polar surface area (TPSA) is 78.5 Å². The van der Waals surface area contributed by atoms with Gasteiger partial charge in [-0.25, -0.2) is 9.67 Å². The van der Waals surface area contributed by atoms with Crippen LogP contribution in [0.4, 0.5) is 0 Å². The highest BCUT2D eigenvalue weighted by molar-refractivity contribution is 8.00. The van der Waals surface area contributed by atoms with Crippen LogP contribution in [0.15, 0.2) is 45.9 Å². The molecule has 3 aromatic heterocycles. The molecule has 0 saturated heterocycles. The molecule has 0 N–H and O–H groups in total. The van der Waals surface area contributed by atoms with E-state index in [4.69, 9.17) is 0 Å². The maximum Gasteiger partial charge on any atom is 0.264 e. The van der Waals surface area contributed by atoms with Gasteiger partial charge in [-0.15, -0.1) is 10.2 Å². The van der Waals surface area contributed by atoms with Gasteiger partial charge in [0.05, 0.1) is 18.4 Å². The van der Waals surface area contributed by atoms with Gasteiger partial charge in [-0.05, 0) is 25.3 Å². The molecule has 0 spiro atoms. The summed E-state index contributed by atoms with van der Waals surface area (Å²) in [6.45, 7) is 2.38. The van der Waals surface area contributed by atoms with E-state index in [9.17, 15) is 4.79 Å². The summed E-state index contributed by atoms with van der Waals surface area (Å²) >= 11 is 3.02. The van der Waals surface area contributed by atoms with Gasteiger partial charge in [0, 0.05) is 0 Å². The van der Waals surface area contributed by atoms with Gasteiger partial charge >= 0.3 is 0 Å². The summed E-state index contributed by atoms with van der Waals surface area (Å²) in [7, 11) is 0. The molecule has 0 bridgehead atoms. The first-order valence-corrected chi connectivity index (χ1v) is 9.56. The summed E-state index contributed by atoms with van der Waals surface area (Å²) < 4.78 is 4.09. The molecule has 9 heteroatoms. The molecule has 4 aromatic rings. The second-order valence-electron chi connectivity index (χ2n) is 5.47. The Morgan fingerprint density at radius 1 is 1.20 bits per heavy atom. The molecule has 0 aliphatic carbocycles. The lowest BCUT2D eigenvalue weighted by atomic mass is 10.2. The zero-order valence-electron chi connectivity index (χ0n) is 13.6. The van der Waals surface area contributed by atoms with Crippen molar-refractivity contribution in [2.45, 2.75) is 17.8 Å². The van der Waals surface area contributed by atoms with Crippen molar-refractivity contribution in [3.05, 3.63) is 57.7 Å². The number of thioether (sulfide) groups is 1. The maximum absolute atomic E-state index is 12.7. The quantitative estimate of drug-likeness (QED) is 0.514. The van der Waals surface area contributed by atoms with Crippen LogP contribution >= 0.6 is 23.1 Å². The molecular formula is C16H14N6OS2. The number of aromatic nitrogens is 6. The average molecular weight is 370 g/mol. The first kappa shape index (κ1) is 16.0. The van der Waals surface area contributed by atoms with Gasteiger partial charge in [-0.2, -0.15) is 5.10 Å². The second kappa shape index (κ2) is 6.41. The highest BCUT2D eigenvalue weighted by Gasteiger charge is 2.13. The maximum atomic E-state index is 12.7. The molecular weight excluding hydrogens is 356 g/mol. The van der Waals surface area contributed by atoms with Crippen LogP contribution in [0, 0.1) is 6.92 Å². The van der Waals surface area contributed by atoms with Crippen molar-refractivity contribution in [3.8, 4) is 5.69 Å². The van der Waals surface area contributed by atoms with E-state index < -0.39 is 0 Å². The van der Waals surface area contributed by atoms with E-state index >= 15 is 0 Å². The molecule has 0 saturated carbocycles. The Hall–Kier alpha value is -2.52. The van der Waals surface area contributed by atoms with Gasteiger partial charge in [0.15, 0.2) is 9.99 Å². The van der Waals surface area contributed by atoms with E-state index in [1.165, 1.54) is 34.0 Å². The number of hydrogen-bond donors (Lipinski definition) is 0. The van der Waals surface area contributed by atoms with E-state index in [-0.39, 0.29) is 5.56 Å². The summed E-state index contributed by atoms with van der Waals surface area (Å²) in [6.07, 6.45) is 5.05. The van der Waals surface area contributed by atoms with Crippen molar-refractivity contribution in [2.75, 3.05) is 6.26 Å². The largest absolute Gasteiger partial charge is 0.292 e. The normalized spacial score (nSPS) is 11.3. The summed E-state index contributed by atoms with van der Waals surface area (Å²) in [5.74, 6) is 0. The Balaban J connectivity index is 1.74. The van der Waals surface area contributed by atoms with E-state index in [0.29, 0.717) is 17.6 Å². The van der Waals surface area contributed by atoms with Crippen LogP contribution in [0.3, 0.4) is 0 Å². The average Bonchev–Trinajstić information content (AvgIpc) is 3.25. The molecule has 4 rings (SSSR count). The predicted octanol–water partition coefficient (Wildman–Crippen LogP) is 2.51. The minimum Gasteiger partial charge on any atom is -0.292 e. The van der Waals surface area contributed by atoms with Crippen LogP contribution in [0.25, 0.3) is 16.7 Å². The van der Waals surface area contributed by atoms with Crippen LogP contribution in [-0.2, 0) is 6.54 Å². The summed E-state index contributed by atoms with van der Waals surface area (Å²) in [6, 6.07) is 7.92. The van der Waals surface area contributed by atoms with Crippen molar-refractivity contribution >= 4 is 34.1 Å². The Morgan fingerprint density at radius 3 is 2.72 bits per heavy atom. The number of benzene rings is 1. The fourth-order valence-electron chi connectivity index (χ4n) is 2.47. The standard InChI is InChI=1S/C16H14N6OS2/c1-10-3-5-11(6-4-10)22-14-12(7-18-22)15(23)21(9-17-14)8-13-19-20-16(24-2)25-13/h3-7,9H,8H2,1-2H3. The van der Waals surface area contributed by atoms with Crippen molar-refractivity contribution in [3.63, 3.8) is 0 Å². The van der Waals surface area contributed by atoms with Gasteiger partial charge in [0.2, 0.25) is 0 Å². The van der Waals surface area contributed by atoms with Gasteiger partial charge in [-0.3, -0.25) is 9.36 Å². The first-order valence-electron chi connectivity index (χ1n) is 7.52. The molecule has 0 aliphatic heterocycles. The number of nitrogens with zero attached hydrogens (tertiary/aromatic N) is 6. The lowest BCUT2D eigenvalue weighted by molar-refractivity contribution is 0.730. The molecule has 126 valence electrons. The first-order chi connectivity index (χ1) is 12.2. The van der Waals surface area contributed by atoms with Crippen molar-refractivity contribution in [2.24, 2.45) is 0 Å². The zero-order valence-corrected chi connectivity index (χ0v) is 15.2. The number of rotatable bonds is 4. The summed E-state index contributed by atoms with van der Waals surface area (Å²) in [5, 5.41) is 13.8. The monoisotopic (exact) mass is 370 g/mol. The highest BCUT2D eigenvalue weighted by Crippen LogP contribution is 2.20. The fourth-order valence-corrected chi connectivity index (χ4v) is 3.78. The second-order valence-corrected chi connectivity index (χ2v) is 7.59. The van der Waals surface area contributed by atoms with Gasteiger partial charge in [0.1, 0.15) is 16.7 Å². The third-order valence-electron chi connectivity index (χ3n) is 3.76. The minimum absolute atomic E-state index is 0.135. The number of fused-ring (bicyclic) bond motifs is 1. The van der Waals surface area contributed by atoms with Crippen LogP contribution in [-0.4, -0.2) is 35.8 Å². The summed E-state index contributed by atoms with van der Waals surface area (Å²) in [4.78, 5) is 17.2. The summed E-state index contributed by atoms with van der Waals surface area (Å²) in [5.41, 5.74) is 2.45. The highest BCUT2D eigenvalue weighted by atomic mass is 32.2. The van der Waals surface area contributed by atoms with E-state index in [1.54, 1.807) is 10.9 Å². The Bertz CT molecular complexity index is 1100. The SMILES string of the molecule is CSc1nnc(Cn2cnc3c(cnn3-c3ccc(C)cc3)c2=O)s1. The van der Waals surface area contributed by atoms with Gasteiger partial charge < -0.3 is 0 Å². The predicted molar refractivity (Wildman–Crippen MR) is 98.7 cm³/mol. The minimum atomic E-state index is -0.135. The number of hydrogen-bond acceptors (Lipinski definition) is 7. The van der Waals surface area contributed by atoms with Crippen LogP contribution in [0.5, 0.6) is 0 Å². The third-order valence-corrected chi connectivity index (χ3v) is 5.65. The molecule has 0 unspecified atom stereocenters. The molecule has 0 atom stereocenters. The molecule has 1 aromatic carbocycles. The lowest BCUT2D eigenvalue weighted by Gasteiger charge is -2.05. The van der Waals surface area contributed by atoms with Crippen LogP contribution in [0.2, 0.25) is 0 Å². The third kappa shape index (κ3) is 2.96. The van der Waals surface area contributed by atoms with E-state index in [0.717, 1.165) is 20.6 Å². The molecule has 0 radical (unpaired) electrons. The van der Waals surface area contributed by atoms with Crippen molar-refractivity contribution < 1.29 is 0 Å². The van der Waals surface area contributed by atoms with Crippen molar-refractivity contribution in [1.29, 1.82) is 0 Å². The Labute approximate surface area is 151 Å². The molecule has 0 amide bonds. The molecule has 0 fully saturated rings.